The van der Waals surface area contributed by atoms with Crippen LogP contribution < -0.4 is 10.1 Å². The molecule has 6 heteroatoms. The number of methoxy groups -OCH3 is 1. The van der Waals surface area contributed by atoms with Gasteiger partial charge in [-0.05, 0) is 48.0 Å². The maximum Gasteiger partial charge on any atom is 0.227 e. The van der Waals surface area contributed by atoms with Gasteiger partial charge >= 0.3 is 0 Å². The Morgan fingerprint density at radius 3 is 2.35 bits per heavy atom. The average molecular weight is 341 g/mol. The van der Waals surface area contributed by atoms with Crippen molar-refractivity contribution in [3.8, 4) is 17.9 Å². The second-order valence-corrected chi connectivity index (χ2v) is 5.45. The normalized spacial score (nSPS) is 11.0. The van der Waals surface area contributed by atoms with Gasteiger partial charge in [0, 0.05) is 11.9 Å². The van der Waals surface area contributed by atoms with Crippen LogP contribution in [0, 0.1) is 22.7 Å². The smallest absolute Gasteiger partial charge is 0.227 e. The highest BCUT2D eigenvalue weighted by atomic mass is 16.5. The van der Waals surface area contributed by atoms with Gasteiger partial charge in [-0.3, -0.25) is 0 Å². The lowest BCUT2D eigenvalue weighted by molar-refractivity contribution is 0.414. The molecular formula is C20H15N5O. The van der Waals surface area contributed by atoms with E-state index in [-0.39, 0.29) is 0 Å². The van der Waals surface area contributed by atoms with Gasteiger partial charge in [0.1, 0.15) is 11.7 Å². The molecule has 1 heterocycles. The molecule has 3 aromatic rings. The topological polar surface area (TPSA) is 94.6 Å². The fourth-order valence-electron chi connectivity index (χ4n) is 2.46. The number of hydrogen-bond acceptors (Lipinski definition) is 6. The Hall–Kier alpha value is -3.90. The number of rotatable bonds is 5. The van der Waals surface area contributed by atoms with Crippen molar-refractivity contribution in [2.24, 2.45) is 0 Å². The lowest BCUT2D eigenvalue weighted by Gasteiger charge is -2.11. The van der Waals surface area contributed by atoms with E-state index in [9.17, 15) is 5.26 Å². The highest BCUT2D eigenvalue weighted by Gasteiger charge is 2.16. The Morgan fingerprint density at radius 2 is 1.73 bits per heavy atom. The van der Waals surface area contributed by atoms with E-state index in [0.29, 0.717) is 17.2 Å². The lowest BCUT2D eigenvalue weighted by atomic mass is 9.97. The van der Waals surface area contributed by atoms with Crippen molar-refractivity contribution in [2.45, 2.75) is 5.92 Å². The van der Waals surface area contributed by atoms with Crippen LogP contribution in [0.1, 0.15) is 22.7 Å². The predicted molar refractivity (Wildman–Crippen MR) is 96.9 cm³/mol. The summed E-state index contributed by atoms with van der Waals surface area (Å²) >= 11 is 0. The molecular weight excluding hydrogens is 326 g/mol. The van der Waals surface area contributed by atoms with E-state index in [1.807, 2.05) is 24.3 Å². The number of benzene rings is 2. The predicted octanol–water partition coefficient (Wildman–Crippen LogP) is 3.76. The fraction of sp³-hybridized carbons (Fsp3) is 0.100. The number of anilines is 2. The monoisotopic (exact) mass is 341 g/mol. The molecule has 0 aliphatic rings. The van der Waals surface area contributed by atoms with Gasteiger partial charge in [0.2, 0.25) is 5.95 Å². The van der Waals surface area contributed by atoms with Crippen molar-refractivity contribution in [1.82, 2.24) is 9.97 Å². The third kappa shape index (κ3) is 3.77. The highest BCUT2D eigenvalue weighted by Crippen LogP contribution is 2.25. The molecule has 2 aromatic carbocycles. The molecule has 126 valence electrons. The van der Waals surface area contributed by atoms with Gasteiger partial charge in [-0.1, -0.05) is 12.1 Å². The molecule has 0 saturated carbocycles. The van der Waals surface area contributed by atoms with E-state index in [4.69, 9.17) is 10.00 Å². The summed E-state index contributed by atoms with van der Waals surface area (Å²) in [6.45, 7) is 0. The van der Waals surface area contributed by atoms with Gasteiger partial charge < -0.3 is 10.1 Å². The van der Waals surface area contributed by atoms with E-state index < -0.39 is 5.92 Å². The third-order valence-electron chi connectivity index (χ3n) is 3.82. The molecule has 26 heavy (non-hydrogen) atoms. The van der Waals surface area contributed by atoms with Crippen molar-refractivity contribution >= 4 is 11.6 Å². The maximum absolute atomic E-state index is 9.61. The van der Waals surface area contributed by atoms with Crippen molar-refractivity contribution in [1.29, 1.82) is 10.5 Å². The van der Waals surface area contributed by atoms with Crippen LogP contribution in [0.2, 0.25) is 0 Å². The van der Waals surface area contributed by atoms with Crippen LogP contribution in [-0.2, 0) is 0 Å². The first-order chi connectivity index (χ1) is 12.7. The van der Waals surface area contributed by atoms with E-state index in [0.717, 1.165) is 17.0 Å². The summed E-state index contributed by atoms with van der Waals surface area (Å²) in [5.74, 6) is 0.614. The van der Waals surface area contributed by atoms with Gasteiger partial charge in [0.05, 0.1) is 30.5 Å². The van der Waals surface area contributed by atoms with Crippen LogP contribution in [0.15, 0.2) is 60.8 Å². The zero-order valence-electron chi connectivity index (χ0n) is 14.0. The second-order valence-electron chi connectivity index (χ2n) is 5.45. The van der Waals surface area contributed by atoms with Crippen molar-refractivity contribution in [2.75, 3.05) is 12.4 Å². The maximum atomic E-state index is 9.61. The highest BCUT2D eigenvalue weighted by molar-refractivity contribution is 5.55. The van der Waals surface area contributed by atoms with Gasteiger partial charge in [0.25, 0.3) is 0 Å². The first-order valence-corrected chi connectivity index (χ1v) is 7.87. The minimum absolute atomic E-state index is 0.390. The van der Waals surface area contributed by atoms with Crippen LogP contribution in [0.3, 0.4) is 0 Å². The molecule has 1 N–H and O–H groups in total. The molecule has 1 unspecified atom stereocenters. The quantitative estimate of drug-likeness (QED) is 0.759. The molecule has 0 fully saturated rings. The summed E-state index contributed by atoms with van der Waals surface area (Å²) in [4.78, 5) is 8.66. The minimum Gasteiger partial charge on any atom is -0.497 e. The van der Waals surface area contributed by atoms with Crippen LogP contribution in [0.4, 0.5) is 11.6 Å². The van der Waals surface area contributed by atoms with Gasteiger partial charge in [-0.25, -0.2) is 9.97 Å². The Kier molecular flexibility index (Phi) is 5.07. The van der Waals surface area contributed by atoms with Crippen LogP contribution >= 0.6 is 0 Å². The van der Waals surface area contributed by atoms with Crippen LogP contribution in [0.5, 0.6) is 5.75 Å². The summed E-state index contributed by atoms with van der Waals surface area (Å²) in [6, 6.07) is 20.4. The molecule has 6 nitrogen and oxygen atoms in total. The minimum atomic E-state index is -0.509. The van der Waals surface area contributed by atoms with E-state index in [1.54, 1.807) is 43.6 Å². The van der Waals surface area contributed by atoms with E-state index in [2.05, 4.69) is 27.4 Å². The Bertz CT molecular complexity index is 969. The molecule has 0 aliphatic heterocycles. The molecule has 0 bridgehead atoms. The summed E-state index contributed by atoms with van der Waals surface area (Å²) in [5, 5.41) is 21.5. The van der Waals surface area contributed by atoms with Crippen LogP contribution in [-0.4, -0.2) is 17.1 Å². The molecule has 0 aliphatic carbocycles. The number of nitrogens with one attached hydrogen (secondary N) is 1. The van der Waals surface area contributed by atoms with E-state index >= 15 is 0 Å². The second kappa shape index (κ2) is 7.78. The van der Waals surface area contributed by atoms with Crippen molar-refractivity contribution in [3.05, 3.63) is 77.6 Å². The SMILES string of the molecule is COc1ccc(C(C#N)c2ccnc(Nc3ccc(C#N)cc3)n2)cc1. The Morgan fingerprint density at radius 1 is 1.00 bits per heavy atom. The number of hydrogen-bond donors (Lipinski definition) is 1. The molecule has 0 amide bonds. The average Bonchev–Trinajstić information content (AvgIpc) is 2.70. The van der Waals surface area contributed by atoms with Crippen molar-refractivity contribution < 1.29 is 4.74 Å². The Balaban J connectivity index is 1.84. The van der Waals surface area contributed by atoms with E-state index in [1.165, 1.54) is 0 Å². The number of aromatic nitrogens is 2. The summed E-state index contributed by atoms with van der Waals surface area (Å²) in [7, 11) is 1.60. The first-order valence-electron chi connectivity index (χ1n) is 7.87. The van der Waals surface area contributed by atoms with Gasteiger partial charge in [0.15, 0.2) is 0 Å². The fourth-order valence-corrected chi connectivity index (χ4v) is 2.46. The number of nitriles is 2. The Labute approximate surface area is 151 Å². The number of nitrogens with zero attached hydrogens (tertiary/aromatic N) is 4. The summed E-state index contributed by atoms with van der Waals surface area (Å²) < 4.78 is 5.15. The van der Waals surface area contributed by atoms with Gasteiger partial charge in [-0.15, -0.1) is 0 Å². The summed E-state index contributed by atoms with van der Waals surface area (Å²) in [5.41, 5.74) is 2.77. The molecule has 0 radical (unpaired) electrons. The van der Waals surface area contributed by atoms with Crippen molar-refractivity contribution in [3.63, 3.8) is 0 Å². The molecule has 1 aromatic heterocycles. The lowest BCUT2D eigenvalue weighted by Crippen LogP contribution is -2.05. The number of ether oxygens (including phenoxy) is 1. The third-order valence-corrected chi connectivity index (χ3v) is 3.82. The van der Waals surface area contributed by atoms with Crippen LogP contribution in [0.25, 0.3) is 0 Å². The zero-order chi connectivity index (χ0) is 18.4. The molecule has 0 saturated heterocycles. The van der Waals surface area contributed by atoms with Gasteiger partial charge in [-0.2, -0.15) is 10.5 Å². The standard InChI is InChI=1S/C20H15N5O/c1-26-17-8-4-15(5-9-17)18(13-22)19-10-11-23-20(25-19)24-16-6-2-14(12-21)3-7-16/h2-11,18H,1H3,(H,23,24,25). The molecule has 0 spiro atoms. The first kappa shape index (κ1) is 16.9. The largest absolute Gasteiger partial charge is 0.497 e. The zero-order valence-corrected chi connectivity index (χ0v) is 14.0. The summed E-state index contributed by atoms with van der Waals surface area (Å²) in [6.07, 6.45) is 1.61. The molecule has 1 atom stereocenters. The molecule has 3 rings (SSSR count).